The molecule has 2 N–H and O–H groups in total. The molecular formula is C22H30N2O5S. The number of carbonyl (C=O) groups is 2. The Morgan fingerprint density at radius 3 is 2.77 bits per heavy atom. The molecule has 0 bridgehead atoms. The molecule has 1 aromatic rings. The molecule has 0 radical (unpaired) electrons. The number of benzene rings is 1. The molecule has 1 saturated heterocycles. The first-order chi connectivity index (χ1) is 14.3. The second kappa shape index (κ2) is 10.2. The van der Waals surface area contributed by atoms with Crippen LogP contribution in [0.1, 0.15) is 57.1 Å². The molecule has 164 valence electrons. The third-order valence-corrected chi connectivity index (χ3v) is 6.88. The first-order valence-electron chi connectivity index (χ1n) is 10.5. The maximum absolute atomic E-state index is 12.4. The van der Waals surface area contributed by atoms with Crippen LogP contribution in [0.4, 0.5) is 0 Å². The van der Waals surface area contributed by atoms with E-state index < -0.39 is 10.0 Å². The van der Waals surface area contributed by atoms with E-state index in [0.29, 0.717) is 38.2 Å². The Morgan fingerprint density at radius 1 is 1.23 bits per heavy atom. The molecule has 1 aromatic carbocycles. The van der Waals surface area contributed by atoms with Crippen molar-refractivity contribution in [2.45, 2.75) is 51.5 Å². The van der Waals surface area contributed by atoms with Gasteiger partial charge in [-0.25, -0.2) is 13.1 Å². The molecule has 30 heavy (non-hydrogen) atoms. The summed E-state index contributed by atoms with van der Waals surface area (Å²) in [4.78, 5) is 22.9. The predicted molar refractivity (Wildman–Crippen MR) is 114 cm³/mol. The van der Waals surface area contributed by atoms with Crippen molar-refractivity contribution in [3.63, 3.8) is 0 Å². The predicted octanol–water partition coefficient (Wildman–Crippen LogP) is 2.85. The average molecular weight is 435 g/mol. The molecule has 1 aliphatic carbocycles. The molecule has 0 spiro atoms. The van der Waals surface area contributed by atoms with Crippen LogP contribution in [-0.2, 0) is 19.6 Å². The molecule has 1 saturated carbocycles. The van der Waals surface area contributed by atoms with Gasteiger partial charge in [-0.2, -0.15) is 0 Å². The summed E-state index contributed by atoms with van der Waals surface area (Å²) in [5, 5.41) is 2.33. The fraction of sp³-hybridized carbons (Fsp3) is 0.545. The van der Waals surface area contributed by atoms with Gasteiger partial charge < -0.3 is 4.74 Å². The number of hydrogen-bond donors (Lipinski definition) is 2. The van der Waals surface area contributed by atoms with E-state index >= 15 is 0 Å². The zero-order valence-corrected chi connectivity index (χ0v) is 18.1. The largest absolute Gasteiger partial charge is 0.493 e. The second-order valence-corrected chi connectivity index (χ2v) is 10.0. The smallest absolute Gasteiger partial charge is 0.229 e. The van der Waals surface area contributed by atoms with Crippen molar-refractivity contribution < 1.29 is 22.7 Å². The van der Waals surface area contributed by atoms with Gasteiger partial charge in [-0.3, -0.25) is 14.9 Å². The summed E-state index contributed by atoms with van der Waals surface area (Å²) in [6.07, 6.45) is 7.80. The van der Waals surface area contributed by atoms with Gasteiger partial charge in [0.15, 0.2) is 0 Å². The highest BCUT2D eigenvalue weighted by molar-refractivity contribution is 7.89. The Kier molecular flexibility index (Phi) is 7.66. The van der Waals surface area contributed by atoms with Gasteiger partial charge >= 0.3 is 0 Å². The van der Waals surface area contributed by atoms with Crippen LogP contribution in [0.15, 0.2) is 36.4 Å². The number of hydrogen-bond acceptors (Lipinski definition) is 5. The quantitative estimate of drug-likeness (QED) is 0.412. The zero-order chi connectivity index (χ0) is 21.6. The molecule has 8 heteroatoms. The van der Waals surface area contributed by atoms with Crippen molar-refractivity contribution in [2.75, 3.05) is 12.4 Å². The van der Waals surface area contributed by atoms with Crippen molar-refractivity contribution in [3.05, 3.63) is 42.0 Å². The number of piperidine rings is 1. The number of carbonyl (C=O) groups excluding carboxylic acids is 2. The number of rotatable bonds is 11. The van der Waals surface area contributed by atoms with E-state index in [1.807, 2.05) is 37.3 Å². The van der Waals surface area contributed by atoms with Crippen LogP contribution in [0.3, 0.4) is 0 Å². The fourth-order valence-corrected chi connectivity index (χ4v) is 4.57. The van der Waals surface area contributed by atoms with E-state index in [0.717, 1.165) is 11.3 Å². The number of sulfonamides is 1. The molecule has 0 aromatic heterocycles. The molecule has 7 nitrogen and oxygen atoms in total. The van der Waals surface area contributed by atoms with Crippen LogP contribution in [0, 0.1) is 11.8 Å². The molecule has 2 aliphatic rings. The zero-order valence-electron chi connectivity index (χ0n) is 17.3. The minimum atomic E-state index is -3.45. The highest BCUT2D eigenvalue weighted by Crippen LogP contribution is 2.30. The minimum absolute atomic E-state index is 0.0267. The van der Waals surface area contributed by atoms with Crippen LogP contribution in [-0.4, -0.2) is 32.6 Å². The lowest BCUT2D eigenvalue weighted by atomic mass is 9.95. The van der Waals surface area contributed by atoms with Crippen molar-refractivity contribution in [1.82, 2.24) is 10.0 Å². The van der Waals surface area contributed by atoms with Gasteiger partial charge in [-0.15, -0.1) is 0 Å². The van der Waals surface area contributed by atoms with E-state index in [4.69, 9.17) is 4.74 Å². The Balaban J connectivity index is 1.42. The van der Waals surface area contributed by atoms with Gasteiger partial charge in [0.05, 0.1) is 12.4 Å². The van der Waals surface area contributed by atoms with E-state index in [-0.39, 0.29) is 29.5 Å². The molecule has 1 aliphatic heterocycles. The Morgan fingerprint density at radius 2 is 2.03 bits per heavy atom. The lowest BCUT2D eigenvalue weighted by Gasteiger charge is -2.19. The molecular weight excluding hydrogens is 404 g/mol. The van der Waals surface area contributed by atoms with E-state index in [9.17, 15) is 18.0 Å². The summed E-state index contributed by atoms with van der Waals surface area (Å²) < 4.78 is 33.3. The maximum Gasteiger partial charge on any atom is 0.229 e. The Labute approximate surface area is 178 Å². The van der Waals surface area contributed by atoms with Crippen molar-refractivity contribution in [2.24, 2.45) is 11.8 Å². The van der Waals surface area contributed by atoms with Crippen LogP contribution < -0.4 is 14.8 Å². The molecule has 2 amide bonds. The van der Waals surface area contributed by atoms with Crippen molar-refractivity contribution in [3.8, 4) is 5.75 Å². The van der Waals surface area contributed by atoms with Gasteiger partial charge in [-0.05, 0) is 62.6 Å². The second-order valence-electron chi connectivity index (χ2n) is 8.13. The Hall–Kier alpha value is -2.19. The lowest BCUT2D eigenvalue weighted by molar-refractivity contribution is -0.136. The van der Waals surface area contributed by atoms with Crippen molar-refractivity contribution >= 4 is 21.8 Å². The summed E-state index contributed by atoms with van der Waals surface area (Å²) in [7, 11) is -3.45. The van der Waals surface area contributed by atoms with Crippen molar-refractivity contribution in [1.29, 1.82) is 0 Å². The third-order valence-electron chi connectivity index (χ3n) is 5.39. The fourth-order valence-electron chi connectivity index (χ4n) is 3.33. The van der Waals surface area contributed by atoms with E-state index in [2.05, 4.69) is 10.0 Å². The number of allylic oxidation sites excluding steroid dienone is 2. The van der Waals surface area contributed by atoms with Gasteiger partial charge in [0.25, 0.3) is 0 Å². The van der Waals surface area contributed by atoms with Gasteiger partial charge in [0.2, 0.25) is 21.8 Å². The van der Waals surface area contributed by atoms with Gasteiger partial charge in [-0.1, -0.05) is 24.3 Å². The van der Waals surface area contributed by atoms with Crippen LogP contribution in [0.5, 0.6) is 5.75 Å². The molecule has 3 rings (SSSR count). The van der Waals surface area contributed by atoms with Crippen LogP contribution in [0.2, 0.25) is 0 Å². The number of amides is 2. The SMILES string of the molecule is C[C@@H](NS(=O)(=O)CC/C=C\CC1CCC(=O)NC1=O)c1cccc(OCC2CC2)c1. The molecule has 2 fully saturated rings. The third kappa shape index (κ3) is 7.25. The summed E-state index contributed by atoms with van der Waals surface area (Å²) in [5.74, 6) is 0.701. The first-order valence-corrected chi connectivity index (χ1v) is 12.2. The first kappa shape index (κ1) is 22.5. The summed E-state index contributed by atoms with van der Waals surface area (Å²) >= 11 is 0. The van der Waals surface area contributed by atoms with Crippen LogP contribution in [0.25, 0.3) is 0 Å². The van der Waals surface area contributed by atoms with E-state index in [1.165, 1.54) is 12.8 Å². The molecule has 1 unspecified atom stereocenters. The monoisotopic (exact) mass is 434 g/mol. The number of imide groups is 1. The highest BCUT2D eigenvalue weighted by atomic mass is 32.2. The number of nitrogens with one attached hydrogen (secondary N) is 2. The van der Waals surface area contributed by atoms with Gasteiger partial charge in [0, 0.05) is 18.4 Å². The van der Waals surface area contributed by atoms with E-state index in [1.54, 1.807) is 6.08 Å². The maximum atomic E-state index is 12.4. The summed E-state index contributed by atoms with van der Waals surface area (Å²) in [5.41, 5.74) is 0.861. The number of ether oxygens (including phenoxy) is 1. The normalized spacial score (nSPS) is 20.9. The standard InChI is InChI=1S/C22H30N2O5S/c1-16(19-7-5-8-20(14-19)29-15-17-9-10-17)24-30(27,28)13-4-2-3-6-18-11-12-21(25)23-22(18)26/h2-3,5,7-8,14,16-18,24H,4,6,9-13,15H2,1H3,(H,23,25,26)/b3-2-/t16-,18?/m1/s1. The average Bonchev–Trinajstić information content (AvgIpc) is 3.52. The molecule has 2 atom stereocenters. The lowest BCUT2D eigenvalue weighted by Crippen LogP contribution is -2.40. The topological polar surface area (TPSA) is 102 Å². The summed E-state index contributed by atoms with van der Waals surface area (Å²) in [6, 6.07) is 7.18. The minimum Gasteiger partial charge on any atom is -0.493 e. The van der Waals surface area contributed by atoms with Crippen LogP contribution >= 0.6 is 0 Å². The highest BCUT2D eigenvalue weighted by Gasteiger charge is 2.25. The molecule has 1 heterocycles. The Bertz CT molecular complexity index is 893. The van der Waals surface area contributed by atoms with Gasteiger partial charge in [0.1, 0.15) is 5.75 Å². The summed E-state index contributed by atoms with van der Waals surface area (Å²) in [6.45, 7) is 2.53.